The zero-order chi connectivity index (χ0) is 21.3. The third kappa shape index (κ3) is 4.45. The molecule has 0 saturated carbocycles. The maximum absolute atomic E-state index is 13.2. The minimum absolute atomic E-state index is 0.0585. The van der Waals surface area contributed by atoms with E-state index in [1.165, 1.54) is 11.8 Å². The third-order valence-corrected chi connectivity index (χ3v) is 6.79. The van der Waals surface area contributed by atoms with Gasteiger partial charge in [-0.2, -0.15) is 0 Å². The van der Waals surface area contributed by atoms with Gasteiger partial charge >= 0.3 is 0 Å². The van der Waals surface area contributed by atoms with Gasteiger partial charge in [0.25, 0.3) is 11.4 Å². The number of halogens is 1. The average molecular weight is 461 g/mol. The van der Waals surface area contributed by atoms with Gasteiger partial charge in [-0.05, 0) is 48.9 Å². The minimum atomic E-state index is -0.167. The monoisotopic (exact) mass is 460 g/mol. The van der Waals surface area contributed by atoms with Crippen LogP contribution in [0.15, 0.2) is 50.1 Å². The molecule has 3 heterocycles. The van der Waals surface area contributed by atoms with Crippen molar-refractivity contribution in [2.24, 2.45) is 5.92 Å². The lowest BCUT2D eigenvalue weighted by Gasteiger charge is -2.16. The summed E-state index contributed by atoms with van der Waals surface area (Å²) in [6.45, 7) is 6.84. The van der Waals surface area contributed by atoms with Gasteiger partial charge in [-0.1, -0.05) is 43.3 Å². The van der Waals surface area contributed by atoms with Gasteiger partial charge in [-0.3, -0.25) is 9.36 Å². The van der Waals surface area contributed by atoms with E-state index >= 15 is 0 Å². The smallest absolute Gasteiger partial charge is 0.262 e. The van der Waals surface area contributed by atoms with Crippen molar-refractivity contribution in [1.82, 2.24) is 19.7 Å². The molecule has 0 saturated heterocycles. The number of hydrogen-bond donors (Lipinski definition) is 0. The number of aromatic nitrogens is 4. The highest BCUT2D eigenvalue weighted by molar-refractivity contribution is 7.99. The molecule has 30 heavy (non-hydrogen) atoms. The Hall–Kier alpha value is -2.16. The van der Waals surface area contributed by atoms with Gasteiger partial charge in [0, 0.05) is 11.6 Å². The Morgan fingerprint density at radius 1 is 1.23 bits per heavy atom. The van der Waals surface area contributed by atoms with E-state index in [0.717, 1.165) is 11.3 Å². The Kier molecular flexibility index (Phi) is 6.26. The Balaban J connectivity index is 1.69. The first-order chi connectivity index (χ1) is 14.4. The lowest BCUT2D eigenvalue weighted by Crippen LogP contribution is -2.24. The van der Waals surface area contributed by atoms with Crippen LogP contribution < -0.4 is 5.56 Å². The summed E-state index contributed by atoms with van der Waals surface area (Å²) in [5, 5.41) is 11.9. The van der Waals surface area contributed by atoms with Crippen molar-refractivity contribution in [2.45, 2.75) is 44.1 Å². The first kappa shape index (κ1) is 21.1. The van der Waals surface area contributed by atoms with Crippen LogP contribution in [0, 0.1) is 5.92 Å². The first-order valence-electron chi connectivity index (χ1n) is 9.66. The second-order valence-corrected chi connectivity index (χ2v) is 10.1. The molecule has 0 amide bonds. The topological polar surface area (TPSA) is 73.8 Å². The number of fused-ring (bicyclic) bond motifs is 1. The molecule has 9 heteroatoms. The largest absolute Gasteiger partial charge is 0.419 e. The number of hydrogen-bond acceptors (Lipinski definition) is 7. The summed E-state index contributed by atoms with van der Waals surface area (Å²) < 4.78 is 7.61. The molecule has 0 spiro atoms. The molecule has 0 N–H and O–H groups in total. The summed E-state index contributed by atoms with van der Waals surface area (Å²) >= 11 is 9.12. The molecule has 6 nitrogen and oxygen atoms in total. The van der Waals surface area contributed by atoms with Crippen molar-refractivity contribution in [2.75, 3.05) is 0 Å². The van der Waals surface area contributed by atoms with Crippen molar-refractivity contribution in [3.05, 3.63) is 57.0 Å². The second kappa shape index (κ2) is 8.91. The average Bonchev–Trinajstić information content (AvgIpc) is 3.39. The number of rotatable bonds is 7. The molecule has 4 aromatic rings. The lowest BCUT2D eigenvalue weighted by atomic mass is 10.1. The highest BCUT2D eigenvalue weighted by atomic mass is 35.5. The van der Waals surface area contributed by atoms with E-state index in [-0.39, 0.29) is 10.8 Å². The highest BCUT2D eigenvalue weighted by Crippen LogP contribution is 2.35. The van der Waals surface area contributed by atoms with Gasteiger partial charge in [0.2, 0.25) is 5.89 Å². The maximum Gasteiger partial charge on any atom is 0.262 e. The molecular formula is C21H21ClN4O2S2. The molecule has 1 aromatic carbocycles. The number of thiophene rings is 1. The zero-order valence-corrected chi connectivity index (χ0v) is 19.2. The molecule has 0 fully saturated rings. The number of benzene rings is 1. The second-order valence-electron chi connectivity index (χ2n) is 7.38. The summed E-state index contributed by atoms with van der Waals surface area (Å²) in [6, 6.07) is 9.07. The molecule has 156 valence electrons. The standard InChI is InChI=1S/C21H21ClN4O2S2/c1-12(2)8-9-26-20(27)15-7-6-14(22)11-16(15)23-21(26)30-13(3)18-24-25-19(28-18)17-5-4-10-29-17/h4-7,10-13H,8-9H2,1-3H3. The Morgan fingerprint density at radius 3 is 2.80 bits per heavy atom. The van der Waals surface area contributed by atoms with Crippen LogP contribution in [0.5, 0.6) is 0 Å². The molecule has 0 aliphatic heterocycles. The Bertz CT molecular complexity index is 1220. The van der Waals surface area contributed by atoms with Crippen LogP contribution in [-0.2, 0) is 6.54 Å². The molecule has 0 bridgehead atoms. The van der Waals surface area contributed by atoms with E-state index in [1.807, 2.05) is 24.4 Å². The van der Waals surface area contributed by atoms with E-state index in [9.17, 15) is 4.79 Å². The Morgan fingerprint density at radius 2 is 2.07 bits per heavy atom. The first-order valence-corrected chi connectivity index (χ1v) is 11.8. The molecule has 0 aliphatic rings. The van der Waals surface area contributed by atoms with Gasteiger partial charge < -0.3 is 4.42 Å². The Labute approximate surface area is 187 Å². The van der Waals surface area contributed by atoms with Crippen LogP contribution in [0.4, 0.5) is 0 Å². The quantitative estimate of drug-likeness (QED) is 0.246. The summed E-state index contributed by atoms with van der Waals surface area (Å²) in [4.78, 5) is 18.8. The van der Waals surface area contributed by atoms with Crippen LogP contribution in [0.1, 0.15) is 38.3 Å². The van der Waals surface area contributed by atoms with Gasteiger partial charge in [-0.25, -0.2) is 4.98 Å². The predicted octanol–water partition coefficient (Wildman–Crippen LogP) is 6.06. The van der Waals surface area contributed by atoms with Crippen LogP contribution in [0.2, 0.25) is 5.02 Å². The van der Waals surface area contributed by atoms with Crippen molar-refractivity contribution in [3.63, 3.8) is 0 Å². The zero-order valence-electron chi connectivity index (χ0n) is 16.8. The van der Waals surface area contributed by atoms with E-state index < -0.39 is 0 Å². The summed E-state index contributed by atoms with van der Waals surface area (Å²) in [5.41, 5.74) is 0.532. The van der Waals surface area contributed by atoms with Crippen LogP contribution in [0.25, 0.3) is 21.7 Å². The van der Waals surface area contributed by atoms with Crippen molar-refractivity contribution < 1.29 is 4.42 Å². The number of nitrogens with zero attached hydrogens (tertiary/aromatic N) is 4. The van der Waals surface area contributed by atoms with Gasteiger partial charge in [0.15, 0.2) is 5.16 Å². The number of thioether (sulfide) groups is 1. The lowest BCUT2D eigenvalue weighted by molar-refractivity contribution is 0.479. The summed E-state index contributed by atoms with van der Waals surface area (Å²) in [6.07, 6.45) is 0.881. The molecule has 1 atom stereocenters. The predicted molar refractivity (Wildman–Crippen MR) is 122 cm³/mol. The molecular weight excluding hydrogens is 440 g/mol. The fraction of sp³-hybridized carbons (Fsp3) is 0.333. The molecule has 0 aliphatic carbocycles. The fourth-order valence-electron chi connectivity index (χ4n) is 2.96. The van der Waals surface area contributed by atoms with Crippen LogP contribution >= 0.6 is 34.7 Å². The molecule has 3 aromatic heterocycles. The maximum atomic E-state index is 13.2. The van der Waals surface area contributed by atoms with Crippen molar-refractivity contribution in [1.29, 1.82) is 0 Å². The van der Waals surface area contributed by atoms with Crippen molar-refractivity contribution >= 4 is 45.6 Å². The summed E-state index contributed by atoms with van der Waals surface area (Å²) in [7, 11) is 0. The SMILES string of the molecule is CC(C)CCn1c(SC(C)c2nnc(-c3cccs3)o2)nc2cc(Cl)ccc2c1=O. The van der Waals surface area contributed by atoms with Crippen LogP contribution in [0.3, 0.4) is 0 Å². The fourth-order valence-corrected chi connectivity index (χ4v) is 4.73. The van der Waals surface area contributed by atoms with Crippen molar-refractivity contribution in [3.8, 4) is 10.8 Å². The highest BCUT2D eigenvalue weighted by Gasteiger charge is 2.21. The van der Waals surface area contributed by atoms with E-state index in [4.69, 9.17) is 21.0 Å². The van der Waals surface area contributed by atoms with E-state index in [0.29, 0.717) is 45.3 Å². The van der Waals surface area contributed by atoms with E-state index in [1.54, 1.807) is 34.1 Å². The third-order valence-electron chi connectivity index (χ3n) is 4.61. The van der Waals surface area contributed by atoms with Gasteiger partial charge in [-0.15, -0.1) is 21.5 Å². The normalized spacial score (nSPS) is 12.7. The van der Waals surface area contributed by atoms with E-state index in [2.05, 4.69) is 24.0 Å². The van der Waals surface area contributed by atoms with Crippen LogP contribution in [-0.4, -0.2) is 19.7 Å². The van der Waals surface area contributed by atoms with Gasteiger partial charge in [0.05, 0.1) is 21.0 Å². The minimum Gasteiger partial charge on any atom is -0.419 e. The molecule has 4 rings (SSSR count). The van der Waals surface area contributed by atoms with Gasteiger partial charge in [0.1, 0.15) is 0 Å². The molecule has 1 unspecified atom stereocenters. The molecule has 0 radical (unpaired) electrons. The summed E-state index contributed by atoms with van der Waals surface area (Å²) in [5.74, 6) is 1.47.